The van der Waals surface area contributed by atoms with Crippen molar-refractivity contribution in [2.75, 3.05) is 11.9 Å². The van der Waals surface area contributed by atoms with Crippen LogP contribution in [0.2, 0.25) is 0 Å². The average Bonchev–Trinajstić information content (AvgIpc) is 3.22. The molecule has 0 fully saturated rings. The monoisotopic (exact) mass is 474 g/mol. The molecule has 0 atom stereocenters. The van der Waals surface area contributed by atoms with E-state index in [-0.39, 0.29) is 35.5 Å². The van der Waals surface area contributed by atoms with Gasteiger partial charge in [-0.15, -0.1) is 0 Å². The molecule has 0 aliphatic rings. The van der Waals surface area contributed by atoms with Crippen LogP contribution in [0.1, 0.15) is 16.8 Å². The fourth-order valence-electron chi connectivity index (χ4n) is 3.87. The number of benzene rings is 2. The Hall–Kier alpha value is -4.27. The zero-order chi connectivity index (χ0) is 24.4. The van der Waals surface area contributed by atoms with E-state index in [0.29, 0.717) is 35.3 Å². The molecule has 0 unspecified atom stereocenters. The summed E-state index contributed by atoms with van der Waals surface area (Å²) in [5.74, 6) is -0.971. The number of fused-ring (bicyclic) bond motifs is 1. The topological polar surface area (TPSA) is 68.5 Å². The van der Waals surface area contributed by atoms with Gasteiger partial charge in [0.1, 0.15) is 17.3 Å². The lowest BCUT2D eigenvalue weighted by atomic mass is 10.1. The molecule has 0 saturated carbocycles. The van der Waals surface area contributed by atoms with Crippen molar-refractivity contribution < 1.29 is 13.2 Å². The third-order valence-corrected chi connectivity index (χ3v) is 5.61. The van der Waals surface area contributed by atoms with Crippen LogP contribution in [0.4, 0.5) is 19.0 Å². The van der Waals surface area contributed by atoms with Crippen LogP contribution in [0.5, 0.6) is 0 Å². The molecule has 0 spiro atoms. The average molecular weight is 474 g/mol. The Morgan fingerprint density at radius 3 is 2.63 bits per heavy atom. The molecule has 3 heterocycles. The smallest absolute Gasteiger partial charge is 0.186 e. The van der Waals surface area contributed by atoms with Gasteiger partial charge < -0.3 is 5.32 Å². The summed E-state index contributed by atoms with van der Waals surface area (Å²) in [6, 6.07) is 16.3. The highest BCUT2D eigenvalue weighted by Gasteiger charge is 2.20. The number of halogens is 3. The summed E-state index contributed by atoms with van der Waals surface area (Å²) in [6.45, 7) is 2.06. The highest BCUT2D eigenvalue weighted by Crippen LogP contribution is 2.27. The largest absolute Gasteiger partial charge is 0.367 e. The van der Waals surface area contributed by atoms with E-state index in [0.717, 1.165) is 5.56 Å². The molecule has 6 nitrogen and oxygen atoms in total. The molecule has 0 amide bonds. The Morgan fingerprint density at radius 1 is 0.943 bits per heavy atom. The third-order valence-electron chi connectivity index (χ3n) is 5.61. The van der Waals surface area contributed by atoms with E-state index in [1.165, 1.54) is 18.2 Å². The SMILES string of the molecule is Cc1nc(-c2nn(Cc3ccccc3F)c3ncccc23)nc(NCCc2cccc(F)c2)c1F. The Morgan fingerprint density at radius 2 is 1.80 bits per heavy atom. The standard InChI is InChI=1S/C26H21F3N6/c1-16-22(29)24(30-13-11-17-6-4-8-19(27)14-17)33-25(32-16)23-20-9-5-12-31-26(20)35(34-23)15-18-7-2-3-10-21(18)28/h2-10,12,14H,11,13,15H2,1H3,(H,30,32,33). The van der Waals surface area contributed by atoms with Crippen LogP contribution in [0, 0.1) is 24.4 Å². The zero-order valence-electron chi connectivity index (χ0n) is 18.8. The summed E-state index contributed by atoms with van der Waals surface area (Å²) in [5.41, 5.74) is 2.36. The first kappa shape index (κ1) is 22.5. The second-order valence-electron chi connectivity index (χ2n) is 8.07. The number of hydrogen-bond acceptors (Lipinski definition) is 5. The van der Waals surface area contributed by atoms with Gasteiger partial charge in [-0.2, -0.15) is 5.10 Å². The molecule has 5 aromatic rings. The van der Waals surface area contributed by atoms with Gasteiger partial charge in [0.25, 0.3) is 0 Å². The minimum Gasteiger partial charge on any atom is -0.367 e. The van der Waals surface area contributed by atoms with Crippen LogP contribution in [-0.4, -0.2) is 31.3 Å². The van der Waals surface area contributed by atoms with E-state index < -0.39 is 5.82 Å². The maximum absolute atomic E-state index is 14.8. The van der Waals surface area contributed by atoms with Gasteiger partial charge in [-0.25, -0.2) is 32.8 Å². The predicted molar refractivity (Wildman–Crippen MR) is 127 cm³/mol. The summed E-state index contributed by atoms with van der Waals surface area (Å²) in [5, 5.41) is 8.27. The lowest BCUT2D eigenvalue weighted by Crippen LogP contribution is -2.11. The molecule has 1 N–H and O–H groups in total. The van der Waals surface area contributed by atoms with E-state index in [1.807, 2.05) is 6.07 Å². The molecule has 176 valence electrons. The first-order valence-electron chi connectivity index (χ1n) is 11.1. The second kappa shape index (κ2) is 9.54. The number of aromatic nitrogens is 5. The third kappa shape index (κ3) is 4.70. The van der Waals surface area contributed by atoms with Crippen LogP contribution < -0.4 is 5.32 Å². The molecule has 5 rings (SSSR count). The van der Waals surface area contributed by atoms with Crippen molar-refractivity contribution in [3.8, 4) is 11.5 Å². The molecule has 0 bridgehead atoms. The number of nitrogens with zero attached hydrogens (tertiary/aromatic N) is 5. The van der Waals surface area contributed by atoms with Crippen molar-refractivity contribution >= 4 is 16.9 Å². The Bertz CT molecular complexity index is 1510. The van der Waals surface area contributed by atoms with E-state index in [2.05, 4.69) is 25.4 Å². The molecule has 0 saturated heterocycles. The van der Waals surface area contributed by atoms with Crippen molar-refractivity contribution in [1.82, 2.24) is 24.7 Å². The van der Waals surface area contributed by atoms with Crippen molar-refractivity contribution in [3.63, 3.8) is 0 Å². The summed E-state index contributed by atoms with van der Waals surface area (Å²) in [4.78, 5) is 13.1. The minimum absolute atomic E-state index is 0.0320. The van der Waals surface area contributed by atoms with Gasteiger partial charge in [0.05, 0.1) is 17.6 Å². The molecule has 2 aromatic carbocycles. The predicted octanol–water partition coefficient (Wildman–Crippen LogP) is 5.32. The molecule has 0 aliphatic carbocycles. The Labute approximate surface area is 199 Å². The summed E-state index contributed by atoms with van der Waals surface area (Å²) in [6.07, 6.45) is 2.11. The van der Waals surface area contributed by atoms with E-state index in [1.54, 1.807) is 54.2 Å². The first-order valence-corrected chi connectivity index (χ1v) is 11.1. The van der Waals surface area contributed by atoms with Crippen molar-refractivity contribution in [2.24, 2.45) is 0 Å². The number of anilines is 1. The van der Waals surface area contributed by atoms with Gasteiger partial charge in [0.2, 0.25) is 0 Å². The van der Waals surface area contributed by atoms with Gasteiger partial charge in [0.15, 0.2) is 23.1 Å². The zero-order valence-corrected chi connectivity index (χ0v) is 18.8. The van der Waals surface area contributed by atoms with Crippen molar-refractivity contribution in [3.05, 3.63) is 101 Å². The van der Waals surface area contributed by atoms with E-state index >= 15 is 0 Å². The van der Waals surface area contributed by atoms with Crippen LogP contribution in [0.15, 0.2) is 66.9 Å². The first-order chi connectivity index (χ1) is 17.0. The molecule has 0 radical (unpaired) electrons. The van der Waals surface area contributed by atoms with Crippen molar-refractivity contribution in [2.45, 2.75) is 19.9 Å². The number of hydrogen-bond donors (Lipinski definition) is 1. The number of pyridine rings is 1. The summed E-state index contributed by atoms with van der Waals surface area (Å²) in [7, 11) is 0. The van der Waals surface area contributed by atoms with Gasteiger partial charge in [-0.1, -0.05) is 30.3 Å². The van der Waals surface area contributed by atoms with Gasteiger partial charge in [0, 0.05) is 18.3 Å². The van der Waals surface area contributed by atoms with E-state index in [9.17, 15) is 13.2 Å². The maximum atomic E-state index is 14.8. The van der Waals surface area contributed by atoms with Crippen LogP contribution in [-0.2, 0) is 13.0 Å². The van der Waals surface area contributed by atoms with Crippen molar-refractivity contribution in [1.29, 1.82) is 0 Å². The van der Waals surface area contributed by atoms with Gasteiger partial charge >= 0.3 is 0 Å². The quantitative estimate of drug-likeness (QED) is 0.346. The van der Waals surface area contributed by atoms with Crippen LogP contribution in [0.25, 0.3) is 22.6 Å². The molecule has 3 aromatic heterocycles. The molecular weight excluding hydrogens is 453 g/mol. The second-order valence-corrected chi connectivity index (χ2v) is 8.07. The van der Waals surface area contributed by atoms with Gasteiger partial charge in [-0.05, 0) is 49.2 Å². The number of rotatable bonds is 7. The fourth-order valence-corrected chi connectivity index (χ4v) is 3.87. The van der Waals surface area contributed by atoms with Crippen LogP contribution >= 0.6 is 0 Å². The summed E-state index contributed by atoms with van der Waals surface area (Å²) >= 11 is 0. The highest BCUT2D eigenvalue weighted by atomic mass is 19.1. The Balaban J connectivity index is 1.47. The lowest BCUT2D eigenvalue weighted by Gasteiger charge is -2.10. The molecule has 9 heteroatoms. The molecule has 0 aliphatic heterocycles. The maximum Gasteiger partial charge on any atom is 0.186 e. The van der Waals surface area contributed by atoms with Crippen LogP contribution in [0.3, 0.4) is 0 Å². The highest BCUT2D eigenvalue weighted by molar-refractivity contribution is 5.89. The molecular formula is C26H21F3N6. The lowest BCUT2D eigenvalue weighted by molar-refractivity contribution is 0.589. The number of aryl methyl sites for hydroxylation is 1. The summed E-state index contributed by atoms with van der Waals surface area (Å²) < 4.78 is 44.1. The fraction of sp³-hybridized carbons (Fsp3) is 0.154. The number of nitrogens with one attached hydrogen (secondary N) is 1. The van der Waals surface area contributed by atoms with Gasteiger partial charge in [-0.3, -0.25) is 0 Å². The molecule has 35 heavy (non-hydrogen) atoms. The normalized spacial score (nSPS) is 11.2. The van der Waals surface area contributed by atoms with E-state index in [4.69, 9.17) is 0 Å². The Kier molecular flexibility index (Phi) is 6.13. The minimum atomic E-state index is -0.568.